The quantitative estimate of drug-likeness (QED) is 0.274. The summed E-state index contributed by atoms with van der Waals surface area (Å²) in [5, 5.41) is 31.2. The van der Waals surface area contributed by atoms with Crippen molar-refractivity contribution in [2.75, 3.05) is 11.9 Å². The number of nitro benzene ring substituents is 1. The third-order valence-corrected chi connectivity index (χ3v) is 4.61. The molecule has 4 N–H and O–H groups in total. The predicted octanol–water partition coefficient (Wildman–Crippen LogP) is 1.41. The summed E-state index contributed by atoms with van der Waals surface area (Å²) in [7, 11) is -3.28. The zero-order chi connectivity index (χ0) is 18.3. The smallest absolute Gasteiger partial charge is 0.307 e. The van der Waals surface area contributed by atoms with E-state index in [4.69, 9.17) is 5.11 Å². The third kappa shape index (κ3) is 5.98. The van der Waals surface area contributed by atoms with Crippen molar-refractivity contribution in [1.82, 2.24) is 0 Å². The number of nitrogens with one attached hydrogen (secondary N) is 1. The van der Waals surface area contributed by atoms with Crippen molar-refractivity contribution in [3.8, 4) is 0 Å². The molecule has 1 aromatic carbocycles. The van der Waals surface area contributed by atoms with Crippen molar-refractivity contribution >= 4 is 31.3 Å². The second-order valence-corrected chi connectivity index (χ2v) is 6.43. The second-order valence-electron chi connectivity index (χ2n) is 5.01. The Kier molecular flexibility index (Phi) is 7.34. The van der Waals surface area contributed by atoms with Gasteiger partial charge in [0.2, 0.25) is 0 Å². The fraction of sp³-hybridized carbons (Fsp3) is 0.385. The first-order valence-electron chi connectivity index (χ1n) is 6.88. The van der Waals surface area contributed by atoms with E-state index in [-0.39, 0.29) is 18.7 Å². The van der Waals surface area contributed by atoms with Gasteiger partial charge >= 0.3 is 11.9 Å². The van der Waals surface area contributed by atoms with Crippen LogP contribution in [-0.2, 0) is 14.2 Å². The lowest BCUT2D eigenvalue weighted by molar-refractivity contribution is -0.384. The van der Waals surface area contributed by atoms with E-state index >= 15 is 0 Å². The summed E-state index contributed by atoms with van der Waals surface area (Å²) >= 11 is 0. The Labute approximate surface area is 137 Å². The summed E-state index contributed by atoms with van der Waals surface area (Å²) < 4.78 is 11.5. The second kappa shape index (κ2) is 8.99. The van der Waals surface area contributed by atoms with Crippen LogP contribution in [-0.4, -0.2) is 44.2 Å². The monoisotopic (exact) mass is 360 g/mol. The van der Waals surface area contributed by atoms with Crippen LogP contribution in [0.5, 0.6) is 0 Å². The highest BCUT2D eigenvalue weighted by atomic mass is 31.1. The predicted molar refractivity (Wildman–Crippen MR) is 84.6 cm³/mol. The Balaban J connectivity index is 2.86. The van der Waals surface area contributed by atoms with Gasteiger partial charge in [0, 0.05) is 30.8 Å². The SMILES string of the molecule is O=C(O)CCC(C(=O)O)C(CNc1cccc([N+](=O)[O-])c1)[PH](=O)O. The Morgan fingerprint density at radius 2 is 2.00 bits per heavy atom. The van der Waals surface area contributed by atoms with Crippen molar-refractivity contribution in [3.05, 3.63) is 34.4 Å². The molecule has 0 heterocycles. The van der Waals surface area contributed by atoms with E-state index in [1.165, 1.54) is 24.3 Å². The Morgan fingerprint density at radius 1 is 1.33 bits per heavy atom. The lowest BCUT2D eigenvalue weighted by Gasteiger charge is -2.22. The average Bonchev–Trinajstić information content (AvgIpc) is 2.49. The van der Waals surface area contributed by atoms with E-state index in [9.17, 15) is 34.3 Å². The summed E-state index contributed by atoms with van der Waals surface area (Å²) in [6.07, 6.45) is -0.734. The number of nitro groups is 1. The summed E-state index contributed by atoms with van der Waals surface area (Å²) in [4.78, 5) is 41.4. The molecule has 0 saturated carbocycles. The van der Waals surface area contributed by atoms with E-state index in [0.717, 1.165) is 0 Å². The summed E-state index contributed by atoms with van der Waals surface area (Å²) in [5.41, 5.74) is -1.10. The van der Waals surface area contributed by atoms with Gasteiger partial charge in [-0.2, -0.15) is 0 Å². The molecule has 1 rings (SSSR count). The van der Waals surface area contributed by atoms with E-state index in [2.05, 4.69) is 5.32 Å². The number of hydrogen-bond donors (Lipinski definition) is 4. The molecule has 0 aliphatic heterocycles. The number of rotatable bonds is 10. The number of nitrogens with zero attached hydrogens (tertiary/aromatic N) is 1. The number of carboxylic acid groups (broad SMARTS) is 2. The van der Waals surface area contributed by atoms with Gasteiger partial charge in [-0.05, 0) is 12.5 Å². The fourth-order valence-electron chi connectivity index (χ4n) is 2.13. The number of anilines is 1. The maximum absolute atomic E-state index is 11.5. The molecule has 0 aliphatic carbocycles. The summed E-state index contributed by atoms with van der Waals surface area (Å²) in [6, 6.07) is 5.38. The summed E-state index contributed by atoms with van der Waals surface area (Å²) in [6.45, 7) is -0.230. The van der Waals surface area contributed by atoms with Crippen molar-refractivity contribution in [2.24, 2.45) is 5.92 Å². The molecule has 3 atom stereocenters. The van der Waals surface area contributed by atoms with Crippen LogP contribution in [0.2, 0.25) is 0 Å². The van der Waals surface area contributed by atoms with Crippen molar-refractivity contribution in [1.29, 1.82) is 0 Å². The maximum Gasteiger partial charge on any atom is 0.307 e. The van der Waals surface area contributed by atoms with Crippen LogP contribution in [0.25, 0.3) is 0 Å². The van der Waals surface area contributed by atoms with Crippen molar-refractivity contribution in [3.63, 3.8) is 0 Å². The zero-order valence-electron chi connectivity index (χ0n) is 12.4. The van der Waals surface area contributed by atoms with Gasteiger partial charge in [-0.25, -0.2) is 0 Å². The van der Waals surface area contributed by atoms with Gasteiger partial charge in [0.1, 0.15) is 0 Å². The van der Waals surface area contributed by atoms with Crippen LogP contribution < -0.4 is 5.32 Å². The molecule has 24 heavy (non-hydrogen) atoms. The maximum atomic E-state index is 11.5. The molecule has 0 saturated heterocycles. The fourth-order valence-corrected chi connectivity index (χ4v) is 3.06. The third-order valence-electron chi connectivity index (χ3n) is 3.37. The minimum Gasteiger partial charge on any atom is -0.481 e. The minimum absolute atomic E-state index is 0.186. The minimum atomic E-state index is -3.28. The van der Waals surface area contributed by atoms with E-state index < -0.39 is 42.9 Å². The molecular weight excluding hydrogens is 343 g/mol. The van der Waals surface area contributed by atoms with Gasteiger partial charge in [0.05, 0.1) is 16.5 Å². The normalized spacial score (nSPS) is 14.4. The largest absolute Gasteiger partial charge is 0.481 e. The molecule has 0 fully saturated rings. The molecule has 0 aliphatic rings. The van der Waals surface area contributed by atoms with Gasteiger partial charge in [0.15, 0.2) is 8.03 Å². The molecule has 0 amide bonds. The van der Waals surface area contributed by atoms with Gasteiger partial charge in [-0.3, -0.25) is 24.3 Å². The molecule has 132 valence electrons. The number of benzene rings is 1. The van der Waals surface area contributed by atoms with Crippen LogP contribution in [0.1, 0.15) is 12.8 Å². The number of hydrogen-bond acceptors (Lipinski definition) is 6. The van der Waals surface area contributed by atoms with Crippen LogP contribution in [0.15, 0.2) is 24.3 Å². The topological polar surface area (TPSA) is 167 Å². The van der Waals surface area contributed by atoms with Gasteiger partial charge in [0.25, 0.3) is 5.69 Å². The molecule has 0 radical (unpaired) electrons. The molecule has 0 spiro atoms. The molecule has 0 bridgehead atoms. The van der Waals surface area contributed by atoms with Crippen LogP contribution in [0.3, 0.4) is 0 Å². The van der Waals surface area contributed by atoms with Crippen LogP contribution >= 0.6 is 8.03 Å². The highest BCUT2D eigenvalue weighted by molar-refractivity contribution is 7.39. The van der Waals surface area contributed by atoms with Gasteiger partial charge in [-0.1, -0.05) is 6.07 Å². The Hall–Kier alpha value is -2.45. The lowest BCUT2D eigenvalue weighted by atomic mass is 9.99. The average molecular weight is 360 g/mol. The first-order chi connectivity index (χ1) is 11.2. The molecule has 11 heteroatoms. The Bertz CT molecular complexity index is 651. The summed E-state index contributed by atoms with van der Waals surface area (Å²) in [5.74, 6) is -3.89. The van der Waals surface area contributed by atoms with E-state index in [0.29, 0.717) is 5.69 Å². The van der Waals surface area contributed by atoms with Crippen molar-refractivity contribution < 1.29 is 34.2 Å². The van der Waals surface area contributed by atoms with E-state index in [1.807, 2.05) is 0 Å². The molecule has 10 nitrogen and oxygen atoms in total. The van der Waals surface area contributed by atoms with Crippen molar-refractivity contribution in [2.45, 2.75) is 18.5 Å². The number of aliphatic carboxylic acids is 2. The van der Waals surface area contributed by atoms with Crippen LogP contribution in [0.4, 0.5) is 11.4 Å². The Morgan fingerprint density at radius 3 is 2.50 bits per heavy atom. The highest BCUT2D eigenvalue weighted by Crippen LogP contribution is 2.32. The number of carboxylic acids is 2. The first kappa shape index (κ1) is 19.6. The zero-order valence-corrected chi connectivity index (χ0v) is 13.4. The molecule has 1 aromatic rings. The van der Waals surface area contributed by atoms with Gasteiger partial charge in [-0.15, -0.1) is 0 Å². The van der Waals surface area contributed by atoms with E-state index in [1.54, 1.807) is 0 Å². The molecule has 0 aromatic heterocycles. The lowest BCUT2D eigenvalue weighted by Crippen LogP contribution is -2.32. The molecular formula is C13H17N2O8P. The number of carbonyl (C=O) groups is 2. The van der Waals surface area contributed by atoms with Crippen LogP contribution in [0, 0.1) is 16.0 Å². The standard InChI is InChI=1S/C13H17N2O8P/c16-12(17)5-4-10(13(18)19)11(24(22)23)7-14-8-2-1-3-9(6-8)15(20)21/h1-3,6,10-11,14,24H,4-5,7H2,(H,16,17)(H,18,19)(H,22,23). The first-order valence-corrected chi connectivity index (χ1v) is 8.31. The van der Waals surface area contributed by atoms with Gasteiger partial charge < -0.3 is 20.4 Å². The number of non-ortho nitro benzene ring substituents is 1. The molecule has 3 unspecified atom stereocenters. The highest BCUT2D eigenvalue weighted by Gasteiger charge is 2.32.